The third kappa shape index (κ3) is 3.12. The normalized spacial score (nSPS) is 12.9. The van der Waals surface area contributed by atoms with E-state index in [1.165, 1.54) is 12.1 Å². The number of aliphatic hydroxyl groups is 1. The van der Waals surface area contributed by atoms with Crippen LogP contribution in [0.2, 0.25) is 0 Å². The molecule has 0 aliphatic heterocycles. The van der Waals surface area contributed by atoms with Gasteiger partial charge in [-0.15, -0.1) is 6.58 Å². The molecule has 0 aromatic heterocycles. The zero-order valence-electron chi connectivity index (χ0n) is 7.36. The zero-order chi connectivity index (χ0) is 10.6. The van der Waals surface area contributed by atoms with Crippen LogP contribution in [0.4, 0.5) is 8.78 Å². The van der Waals surface area contributed by atoms with E-state index in [0.717, 1.165) is 0 Å². The summed E-state index contributed by atoms with van der Waals surface area (Å²) in [5.41, 5.74) is 0.575. The molecule has 1 N–H and O–H groups in total. The van der Waals surface area contributed by atoms with E-state index in [4.69, 9.17) is 0 Å². The van der Waals surface area contributed by atoms with Gasteiger partial charge in [0.05, 0.1) is 6.10 Å². The lowest BCUT2D eigenvalue weighted by molar-refractivity contribution is 0.228. The number of hydrogen-bond acceptors (Lipinski definition) is 2. The van der Waals surface area contributed by atoms with Crippen LogP contribution >= 0.6 is 11.8 Å². The number of rotatable bonds is 4. The van der Waals surface area contributed by atoms with Gasteiger partial charge in [0.25, 0.3) is 5.76 Å². The van der Waals surface area contributed by atoms with Crippen LogP contribution in [0.5, 0.6) is 0 Å². The van der Waals surface area contributed by atoms with Gasteiger partial charge < -0.3 is 5.11 Å². The number of benzene rings is 1. The first kappa shape index (κ1) is 11.2. The highest BCUT2D eigenvalue weighted by Gasteiger charge is 2.07. The maximum Gasteiger partial charge on any atom is 0.288 e. The molecule has 0 radical (unpaired) electrons. The summed E-state index contributed by atoms with van der Waals surface area (Å²) in [6.45, 7) is 3.42. The Kier molecular flexibility index (Phi) is 4.10. The molecule has 1 rings (SSSR count). The van der Waals surface area contributed by atoms with Gasteiger partial charge in [-0.3, -0.25) is 0 Å². The molecular formula is C10H10F2OS. The average Bonchev–Trinajstić information content (AvgIpc) is 2.16. The van der Waals surface area contributed by atoms with Crippen molar-refractivity contribution in [1.82, 2.24) is 0 Å². The largest absolute Gasteiger partial charge is 0.384 e. The lowest BCUT2D eigenvalue weighted by atomic mass is 10.1. The first-order valence-electron chi connectivity index (χ1n) is 3.99. The number of thioether (sulfide) groups is 1. The van der Waals surface area contributed by atoms with Crippen molar-refractivity contribution in [2.24, 2.45) is 0 Å². The van der Waals surface area contributed by atoms with Crippen LogP contribution in [0.3, 0.4) is 0 Å². The Balaban J connectivity index is 2.83. The van der Waals surface area contributed by atoms with Crippen molar-refractivity contribution in [3.05, 3.63) is 42.5 Å². The summed E-state index contributed by atoms with van der Waals surface area (Å²) in [4.78, 5) is 0.443. The summed E-state index contributed by atoms with van der Waals surface area (Å²) in [5.74, 6) is -2.44. The molecule has 0 fully saturated rings. The van der Waals surface area contributed by atoms with Gasteiger partial charge in [-0.1, -0.05) is 30.0 Å². The predicted octanol–water partition coefficient (Wildman–Crippen LogP) is 3.22. The summed E-state index contributed by atoms with van der Waals surface area (Å²) in [7, 11) is 0. The minimum absolute atomic E-state index is 0.443. The Hall–Kier alpha value is -0.870. The van der Waals surface area contributed by atoms with E-state index in [-0.39, 0.29) is 0 Å². The van der Waals surface area contributed by atoms with Gasteiger partial charge in [0, 0.05) is 4.90 Å². The minimum Gasteiger partial charge on any atom is -0.384 e. The maximum absolute atomic E-state index is 12.0. The molecule has 0 heterocycles. The van der Waals surface area contributed by atoms with Crippen molar-refractivity contribution in [2.75, 3.05) is 0 Å². The molecule has 0 bridgehead atoms. The molecule has 14 heavy (non-hydrogen) atoms. The molecule has 1 unspecified atom stereocenters. The summed E-state index contributed by atoms with van der Waals surface area (Å²) >= 11 is 0.462. The first-order valence-corrected chi connectivity index (χ1v) is 4.87. The van der Waals surface area contributed by atoms with Gasteiger partial charge in [-0.05, 0) is 17.7 Å². The van der Waals surface area contributed by atoms with Gasteiger partial charge in [-0.2, -0.15) is 8.78 Å². The van der Waals surface area contributed by atoms with Crippen molar-refractivity contribution < 1.29 is 13.9 Å². The summed E-state index contributed by atoms with van der Waals surface area (Å²) in [5, 5.41) is 9.37. The summed E-state index contributed by atoms with van der Waals surface area (Å²) < 4.78 is 24.0. The van der Waals surface area contributed by atoms with Crippen molar-refractivity contribution in [3.63, 3.8) is 0 Å². The molecule has 0 amide bonds. The average molecular weight is 216 g/mol. The van der Waals surface area contributed by atoms with Crippen LogP contribution in [0.25, 0.3) is 0 Å². The Morgan fingerprint density at radius 3 is 2.71 bits per heavy atom. The van der Waals surface area contributed by atoms with E-state index in [2.05, 4.69) is 6.58 Å². The molecule has 1 nitrogen and oxygen atoms in total. The molecular weight excluding hydrogens is 206 g/mol. The quantitative estimate of drug-likeness (QED) is 0.616. The highest BCUT2D eigenvalue weighted by molar-refractivity contribution is 7.99. The van der Waals surface area contributed by atoms with Crippen LogP contribution in [0, 0.1) is 0 Å². The molecule has 0 saturated carbocycles. The van der Waals surface area contributed by atoms with E-state index < -0.39 is 11.9 Å². The highest BCUT2D eigenvalue weighted by Crippen LogP contribution is 2.27. The second kappa shape index (κ2) is 5.12. The Labute approximate surface area is 85.4 Å². The summed E-state index contributed by atoms with van der Waals surface area (Å²) in [6.07, 6.45) is 0.555. The van der Waals surface area contributed by atoms with Crippen molar-refractivity contribution in [1.29, 1.82) is 0 Å². The molecule has 0 spiro atoms. The second-order valence-corrected chi connectivity index (χ2v) is 3.69. The van der Waals surface area contributed by atoms with E-state index >= 15 is 0 Å². The number of aliphatic hydroxyl groups excluding tert-OH is 1. The summed E-state index contributed by atoms with van der Waals surface area (Å²) in [6, 6.07) is 6.41. The monoisotopic (exact) mass is 216 g/mol. The Bertz CT molecular complexity index is 315. The second-order valence-electron chi connectivity index (χ2n) is 2.63. The fourth-order valence-corrected chi connectivity index (χ4v) is 1.58. The molecule has 0 saturated heterocycles. The SMILES string of the molecule is C=CC(O)c1cccc(SC(F)F)c1. The lowest BCUT2D eigenvalue weighted by Gasteiger charge is -2.07. The van der Waals surface area contributed by atoms with Crippen LogP contribution in [0.1, 0.15) is 11.7 Å². The van der Waals surface area contributed by atoms with Gasteiger partial charge in [0.15, 0.2) is 0 Å². The maximum atomic E-state index is 12.0. The van der Waals surface area contributed by atoms with E-state index in [1.807, 2.05) is 0 Å². The Morgan fingerprint density at radius 1 is 1.43 bits per heavy atom. The molecule has 1 atom stereocenters. The zero-order valence-corrected chi connectivity index (χ0v) is 8.18. The number of hydrogen-bond donors (Lipinski definition) is 1. The van der Waals surface area contributed by atoms with Crippen LogP contribution < -0.4 is 0 Å². The molecule has 0 aliphatic carbocycles. The first-order chi connectivity index (χ1) is 6.63. The van der Waals surface area contributed by atoms with Crippen LogP contribution in [-0.2, 0) is 0 Å². The molecule has 4 heteroatoms. The lowest BCUT2D eigenvalue weighted by Crippen LogP contribution is -1.92. The van der Waals surface area contributed by atoms with Crippen LogP contribution in [-0.4, -0.2) is 10.9 Å². The van der Waals surface area contributed by atoms with Gasteiger partial charge in [-0.25, -0.2) is 0 Å². The van der Waals surface area contributed by atoms with Gasteiger partial charge in [0.1, 0.15) is 0 Å². The molecule has 76 valence electrons. The third-order valence-corrected chi connectivity index (χ3v) is 2.35. The third-order valence-electron chi connectivity index (χ3n) is 1.65. The van der Waals surface area contributed by atoms with E-state index in [1.54, 1.807) is 18.2 Å². The topological polar surface area (TPSA) is 20.2 Å². The number of halogens is 2. The van der Waals surface area contributed by atoms with E-state index in [9.17, 15) is 13.9 Å². The fraction of sp³-hybridized carbons (Fsp3) is 0.200. The molecule has 0 aliphatic rings. The predicted molar refractivity (Wildman–Crippen MR) is 53.5 cm³/mol. The van der Waals surface area contributed by atoms with Gasteiger partial charge in [0.2, 0.25) is 0 Å². The fourth-order valence-electron chi connectivity index (χ4n) is 1.01. The smallest absolute Gasteiger partial charge is 0.288 e. The van der Waals surface area contributed by atoms with Gasteiger partial charge >= 0.3 is 0 Å². The minimum atomic E-state index is -2.44. The van der Waals surface area contributed by atoms with Crippen molar-refractivity contribution in [3.8, 4) is 0 Å². The molecule has 1 aromatic carbocycles. The molecule has 1 aromatic rings. The van der Waals surface area contributed by atoms with Crippen molar-refractivity contribution >= 4 is 11.8 Å². The van der Waals surface area contributed by atoms with E-state index in [0.29, 0.717) is 22.2 Å². The number of alkyl halides is 2. The van der Waals surface area contributed by atoms with Crippen LogP contribution in [0.15, 0.2) is 41.8 Å². The highest BCUT2D eigenvalue weighted by atomic mass is 32.2. The standard InChI is InChI=1S/C10H10F2OS/c1-2-9(13)7-4-3-5-8(6-7)14-10(11)12/h2-6,9-10,13H,1H2. The Morgan fingerprint density at radius 2 is 2.14 bits per heavy atom. The van der Waals surface area contributed by atoms with Crippen molar-refractivity contribution in [2.45, 2.75) is 16.8 Å².